The smallest absolute Gasteiger partial charge is 0.0818 e. The average Bonchev–Trinajstić information content (AvgIpc) is 2.28. The molecule has 1 rings (SSSR count). The Morgan fingerprint density at radius 3 is 2.80 bits per heavy atom. The molecule has 0 saturated carbocycles. The van der Waals surface area contributed by atoms with Crippen LogP contribution in [-0.4, -0.2) is 6.54 Å². The van der Waals surface area contributed by atoms with Crippen molar-refractivity contribution < 1.29 is 0 Å². The minimum Gasteiger partial charge on any atom is -0.392 e. The van der Waals surface area contributed by atoms with Gasteiger partial charge in [-0.1, -0.05) is 37.3 Å². The first-order chi connectivity index (χ1) is 7.33. The van der Waals surface area contributed by atoms with Crippen molar-refractivity contribution >= 4 is 11.8 Å². The molecule has 0 unspecified atom stereocenters. The molecule has 0 aliphatic rings. The number of hydrogen-bond acceptors (Lipinski definition) is 3. The molecule has 0 fully saturated rings. The summed E-state index contributed by atoms with van der Waals surface area (Å²) in [4.78, 5) is 0. The zero-order valence-electron chi connectivity index (χ0n) is 9.07. The maximum atomic E-state index is 5.82. The van der Waals surface area contributed by atoms with Crippen molar-refractivity contribution in [1.82, 2.24) is 5.32 Å². The molecule has 0 radical (unpaired) electrons. The minimum absolute atomic E-state index is 0.840. The summed E-state index contributed by atoms with van der Waals surface area (Å²) in [5, 5.41) is 4.00. The van der Waals surface area contributed by atoms with Crippen LogP contribution in [0, 0.1) is 0 Å². The van der Waals surface area contributed by atoms with Crippen LogP contribution in [0.5, 0.6) is 0 Å². The number of rotatable bonds is 6. The van der Waals surface area contributed by atoms with Crippen molar-refractivity contribution in [2.24, 2.45) is 5.73 Å². The van der Waals surface area contributed by atoms with Gasteiger partial charge in [0.1, 0.15) is 0 Å². The zero-order chi connectivity index (χ0) is 10.9. The topological polar surface area (TPSA) is 38.0 Å². The minimum atomic E-state index is 0.840. The van der Waals surface area contributed by atoms with Crippen LogP contribution in [-0.2, 0) is 5.75 Å². The van der Waals surface area contributed by atoms with Gasteiger partial charge in [0.2, 0.25) is 0 Å². The third-order valence-electron chi connectivity index (χ3n) is 1.89. The Balaban J connectivity index is 2.28. The lowest BCUT2D eigenvalue weighted by atomic mass is 10.2. The lowest BCUT2D eigenvalue weighted by Crippen LogP contribution is -2.08. The van der Waals surface area contributed by atoms with Crippen LogP contribution in [0.25, 0.3) is 0 Å². The van der Waals surface area contributed by atoms with Gasteiger partial charge in [0, 0.05) is 18.5 Å². The molecule has 82 valence electrons. The van der Waals surface area contributed by atoms with E-state index >= 15 is 0 Å². The van der Waals surface area contributed by atoms with E-state index in [9.17, 15) is 0 Å². The second-order valence-corrected chi connectivity index (χ2v) is 4.32. The number of benzene rings is 1. The van der Waals surface area contributed by atoms with Gasteiger partial charge in [0.05, 0.1) is 5.03 Å². The standard InChI is InChI=1S/C12H18N2S/c1-2-8-14-9-12(13)15-10-11-6-4-3-5-7-11/h3-7,9,14H,2,8,10,13H2,1H3/b12-9+. The lowest BCUT2D eigenvalue weighted by Gasteiger charge is -2.03. The Labute approximate surface area is 95.9 Å². The molecule has 0 saturated heterocycles. The first kappa shape index (κ1) is 12.0. The monoisotopic (exact) mass is 222 g/mol. The molecule has 0 aliphatic carbocycles. The predicted octanol–water partition coefficient (Wildman–Crippen LogP) is 2.68. The Bertz CT molecular complexity index is 296. The van der Waals surface area contributed by atoms with Gasteiger partial charge in [0.15, 0.2) is 0 Å². The summed E-state index contributed by atoms with van der Waals surface area (Å²) in [5.74, 6) is 0.928. The van der Waals surface area contributed by atoms with E-state index in [4.69, 9.17) is 5.73 Å². The molecule has 2 nitrogen and oxygen atoms in total. The van der Waals surface area contributed by atoms with Gasteiger partial charge < -0.3 is 11.1 Å². The Morgan fingerprint density at radius 1 is 1.40 bits per heavy atom. The van der Waals surface area contributed by atoms with Crippen molar-refractivity contribution in [3.8, 4) is 0 Å². The Kier molecular flexibility index (Phi) is 5.78. The molecule has 3 heteroatoms. The maximum absolute atomic E-state index is 5.82. The summed E-state index contributed by atoms with van der Waals surface area (Å²) in [7, 11) is 0. The second kappa shape index (κ2) is 7.23. The number of nitrogens with two attached hydrogens (primary N) is 1. The van der Waals surface area contributed by atoms with Gasteiger partial charge in [-0.05, 0) is 12.0 Å². The van der Waals surface area contributed by atoms with Crippen molar-refractivity contribution in [1.29, 1.82) is 0 Å². The summed E-state index contributed by atoms with van der Waals surface area (Å²) >= 11 is 1.66. The van der Waals surface area contributed by atoms with Crippen molar-refractivity contribution in [3.63, 3.8) is 0 Å². The highest BCUT2D eigenvalue weighted by Crippen LogP contribution is 2.16. The summed E-state index contributed by atoms with van der Waals surface area (Å²) < 4.78 is 0. The van der Waals surface area contributed by atoms with Crippen molar-refractivity contribution in [3.05, 3.63) is 47.1 Å². The largest absolute Gasteiger partial charge is 0.392 e. The van der Waals surface area contributed by atoms with Crippen LogP contribution in [0.15, 0.2) is 41.6 Å². The van der Waals surface area contributed by atoms with E-state index in [1.54, 1.807) is 11.8 Å². The molecular formula is C12H18N2S. The highest BCUT2D eigenvalue weighted by molar-refractivity contribution is 8.02. The third kappa shape index (κ3) is 5.37. The van der Waals surface area contributed by atoms with Gasteiger partial charge in [0.25, 0.3) is 0 Å². The first-order valence-corrected chi connectivity index (χ1v) is 6.17. The van der Waals surface area contributed by atoms with Crippen molar-refractivity contribution in [2.75, 3.05) is 6.54 Å². The number of hydrogen-bond donors (Lipinski definition) is 2. The first-order valence-electron chi connectivity index (χ1n) is 5.18. The predicted molar refractivity (Wildman–Crippen MR) is 68.3 cm³/mol. The second-order valence-electron chi connectivity index (χ2n) is 3.28. The summed E-state index contributed by atoms with van der Waals surface area (Å²) in [6.07, 6.45) is 3.00. The summed E-state index contributed by atoms with van der Waals surface area (Å²) in [5.41, 5.74) is 7.12. The molecule has 0 bridgehead atoms. The van der Waals surface area contributed by atoms with E-state index in [0.717, 1.165) is 23.7 Å². The van der Waals surface area contributed by atoms with Crippen LogP contribution >= 0.6 is 11.8 Å². The van der Waals surface area contributed by atoms with Crippen LogP contribution in [0.4, 0.5) is 0 Å². The SMILES string of the molecule is CCCN/C=C(\N)SCc1ccccc1. The normalized spacial score (nSPS) is 11.4. The van der Waals surface area contributed by atoms with Gasteiger partial charge in [-0.2, -0.15) is 0 Å². The molecule has 3 N–H and O–H groups in total. The van der Waals surface area contributed by atoms with Crippen LogP contribution in [0.3, 0.4) is 0 Å². The van der Waals surface area contributed by atoms with E-state index in [-0.39, 0.29) is 0 Å². The van der Waals surface area contributed by atoms with E-state index in [1.165, 1.54) is 5.56 Å². The number of thioether (sulfide) groups is 1. The fourth-order valence-corrected chi connectivity index (χ4v) is 1.79. The van der Waals surface area contributed by atoms with Crippen molar-refractivity contribution in [2.45, 2.75) is 19.1 Å². The third-order valence-corrected chi connectivity index (χ3v) is 2.82. The molecule has 0 spiro atoms. The van der Waals surface area contributed by atoms with Gasteiger partial charge in [-0.25, -0.2) is 0 Å². The quantitative estimate of drug-likeness (QED) is 0.727. The highest BCUT2D eigenvalue weighted by atomic mass is 32.2. The molecular weight excluding hydrogens is 204 g/mol. The molecule has 0 atom stereocenters. The zero-order valence-corrected chi connectivity index (χ0v) is 9.89. The Hall–Kier alpha value is -1.09. The van der Waals surface area contributed by atoms with E-state index in [1.807, 2.05) is 24.4 Å². The molecule has 0 heterocycles. The lowest BCUT2D eigenvalue weighted by molar-refractivity contribution is 0.806. The Morgan fingerprint density at radius 2 is 2.13 bits per heavy atom. The fraction of sp³-hybridized carbons (Fsp3) is 0.333. The van der Waals surface area contributed by atoms with Crippen LogP contribution in [0.1, 0.15) is 18.9 Å². The molecule has 0 aliphatic heterocycles. The molecule has 15 heavy (non-hydrogen) atoms. The molecule has 1 aromatic carbocycles. The maximum Gasteiger partial charge on any atom is 0.0818 e. The van der Waals surface area contributed by atoms with E-state index in [2.05, 4.69) is 24.4 Å². The average molecular weight is 222 g/mol. The number of nitrogens with one attached hydrogen (secondary N) is 1. The van der Waals surface area contributed by atoms with E-state index < -0.39 is 0 Å². The van der Waals surface area contributed by atoms with Gasteiger partial charge >= 0.3 is 0 Å². The van der Waals surface area contributed by atoms with E-state index in [0.29, 0.717) is 0 Å². The van der Waals surface area contributed by atoms with Gasteiger partial charge in [-0.15, -0.1) is 11.8 Å². The molecule has 0 amide bonds. The highest BCUT2D eigenvalue weighted by Gasteiger charge is 1.94. The molecule has 1 aromatic rings. The van der Waals surface area contributed by atoms with Crippen LogP contribution in [0.2, 0.25) is 0 Å². The van der Waals surface area contributed by atoms with Crippen LogP contribution < -0.4 is 11.1 Å². The van der Waals surface area contributed by atoms with Gasteiger partial charge in [-0.3, -0.25) is 0 Å². The summed E-state index contributed by atoms with van der Waals surface area (Å²) in [6, 6.07) is 10.3. The fourth-order valence-electron chi connectivity index (χ4n) is 1.10. The summed E-state index contributed by atoms with van der Waals surface area (Å²) in [6.45, 7) is 3.11. The molecule has 0 aromatic heterocycles.